The van der Waals surface area contributed by atoms with E-state index in [2.05, 4.69) is 27.2 Å². The molecule has 1 fully saturated rings. The lowest BCUT2D eigenvalue weighted by atomic mass is 10.2. The van der Waals surface area contributed by atoms with Gasteiger partial charge in [-0.1, -0.05) is 18.5 Å². The van der Waals surface area contributed by atoms with Gasteiger partial charge in [-0.25, -0.2) is 10.8 Å². The van der Waals surface area contributed by atoms with Crippen LogP contribution >= 0.6 is 11.6 Å². The van der Waals surface area contributed by atoms with Crippen molar-refractivity contribution in [2.45, 2.75) is 19.4 Å². The highest BCUT2D eigenvalue weighted by molar-refractivity contribution is 6.32. The van der Waals surface area contributed by atoms with E-state index >= 15 is 0 Å². The van der Waals surface area contributed by atoms with E-state index in [9.17, 15) is 0 Å². The molecule has 0 saturated carbocycles. The Morgan fingerprint density at radius 1 is 1.71 bits per heavy atom. The normalized spacial score (nSPS) is 20.4. The van der Waals surface area contributed by atoms with Crippen LogP contribution in [0.5, 0.6) is 0 Å². The first-order valence-electron chi connectivity index (χ1n) is 5.59. The Labute approximate surface area is 105 Å². The van der Waals surface area contributed by atoms with Crippen LogP contribution in [0.15, 0.2) is 6.20 Å². The summed E-state index contributed by atoms with van der Waals surface area (Å²) < 4.78 is 5.45. The zero-order valence-corrected chi connectivity index (χ0v) is 10.4. The van der Waals surface area contributed by atoms with Crippen LogP contribution in [0.4, 0.5) is 11.8 Å². The number of anilines is 2. The summed E-state index contributed by atoms with van der Waals surface area (Å²) in [5.74, 6) is 6.38. The van der Waals surface area contributed by atoms with Gasteiger partial charge in [0.1, 0.15) is 5.02 Å². The molecule has 1 saturated heterocycles. The number of nitrogens with one attached hydrogen (secondary N) is 1. The number of aromatic nitrogens is 2. The molecule has 2 heterocycles. The van der Waals surface area contributed by atoms with Crippen LogP contribution in [0.1, 0.15) is 13.3 Å². The minimum atomic E-state index is 0.293. The van der Waals surface area contributed by atoms with Gasteiger partial charge in [-0.05, 0) is 6.42 Å². The molecule has 6 nitrogen and oxygen atoms in total. The molecule has 1 aliphatic rings. The number of hydrogen-bond donors (Lipinski definition) is 2. The highest BCUT2D eigenvalue weighted by atomic mass is 35.5. The molecule has 1 aliphatic heterocycles. The summed E-state index contributed by atoms with van der Waals surface area (Å²) in [5, 5.41) is 0.532. The Bertz CT molecular complexity index is 389. The van der Waals surface area contributed by atoms with Crippen LogP contribution in [0.25, 0.3) is 0 Å². The smallest absolute Gasteiger partial charge is 0.239 e. The number of nitrogens with two attached hydrogens (primary N) is 1. The van der Waals surface area contributed by atoms with Gasteiger partial charge in [-0.3, -0.25) is 5.43 Å². The lowest BCUT2D eigenvalue weighted by molar-refractivity contribution is 0.0926. The second kappa shape index (κ2) is 5.48. The predicted molar refractivity (Wildman–Crippen MR) is 67.1 cm³/mol. The number of nitrogens with zero attached hydrogens (tertiary/aromatic N) is 3. The largest absolute Gasteiger partial charge is 0.377 e. The van der Waals surface area contributed by atoms with Crippen molar-refractivity contribution in [2.75, 3.05) is 30.1 Å². The molecular weight excluding hydrogens is 242 g/mol. The fraction of sp³-hybridized carbons (Fsp3) is 0.600. The van der Waals surface area contributed by atoms with Gasteiger partial charge in [-0.15, -0.1) is 0 Å². The monoisotopic (exact) mass is 257 g/mol. The maximum atomic E-state index is 6.13. The minimum absolute atomic E-state index is 0.293. The Morgan fingerprint density at radius 2 is 2.53 bits per heavy atom. The minimum Gasteiger partial charge on any atom is -0.377 e. The van der Waals surface area contributed by atoms with Crippen molar-refractivity contribution in [3.8, 4) is 0 Å². The number of rotatable bonds is 3. The first kappa shape index (κ1) is 12.3. The molecule has 1 aromatic rings. The molecule has 3 N–H and O–H groups in total. The Hall–Kier alpha value is -1.11. The molecule has 0 amide bonds. The molecule has 0 bridgehead atoms. The average molecular weight is 258 g/mol. The number of hydrogen-bond acceptors (Lipinski definition) is 6. The second-order valence-corrected chi connectivity index (χ2v) is 4.25. The third-order valence-corrected chi connectivity index (χ3v) is 3.09. The highest BCUT2D eigenvalue weighted by Gasteiger charge is 2.24. The van der Waals surface area contributed by atoms with Crippen LogP contribution in [0.2, 0.25) is 5.02 Å². The van der Waals surface area contributed by atoms with Crippen LogP contribution in [-0.2, 0) is 4.74 Å². The molecule has 7 heteroatoms. The standard InChI is InChI=1S/C10H16ClN5O/c1-2-7-6-17-4-3-16(7)9-8(11)5-13-10(14-9)15-12/h5,7H,2-4,6,12H2,1H3,(H,13,14,15). The molecule has 1 atom stereocenters. The Kier molecular flexibility index (Phi) is 3.98. The molecular formula is C10H16ClN5O. The van der Waals surface area contributed by atoms with E-state index in [1.165, 1.54) is 0 Å². The third-order valence-electron chi connectivity index (χ3n) is 2.83. The van der Waals surface area contributed by atoms with Gasteiger partial charge in [0.15, 0.2) is 5.82 Å². The zero-order chi connectivity index (χ0) is 12.3. The van der Waals surface area contributed by atoms with Gasteiger partial charge in [0, 0.05) is 6.54 Å². The number of nitrogen functional groups attached to an aromatic ring is 1. The van der Waals surface area contributed by atoms with Crippen molar-refractivity contribution in [1.29, 1.82) is 0 Å². The maximum Gasteiger partial charge on any atom is 0.239 e. The Morgan fingerprint density at radius 3 is 3.24 bits per heavy atom. The molecule has 2 rings (SSSR count). The fourth-order valence-corrected chi connectivity index (χ4v) is 2.10. The third kappa shape index (κ3) is 2.59. The van der Waals surface area contributed by atoms with Crippen LogP contribution < -0.4 is 16.2 Å². The highest BCUT2D eigenvalue weighted by Crippen LogP contribution is 2.27. The number of hydrazine groups is 1. The number of morpholine rings is 1. The maximum absolute atomic E-state index is 6.13. The van der Waals surface area contributed by atoms with Gasteiger partial charge >= 0.3 is 0 Å². The van der Waals surface area contributed by atoms with E-state index in [1.807, 2.05) is 0 Å². The number of ether oxygens (including phenoxy) is 1. The summed E-state index contributed by atoms with van der Waals surface area (Å²) in [6.07, 6.45) is 2.53. The van der Waals surface area contributed by atoms with Crippen molar-refractivity contribution in [3.05, 3.63) is 11.2 Å². The number of halogens is 1. The van der Waals surface area contributed by atoms with E-state index in [0.29, 0.717) is 36.0 Å². The molecule has 0 spiro atoms. The van der Waals surface area contributed by atoms with Gasteiger partial charge in [-0.2, -0.15) is 4.98 Å². The van der Waals surface area contributed by atoms with E-state index in [0.717, 1.165) is 13.0 Å². The molecule has 1 aromatic heterocycles. The summed E-state index contributed by atoms with van der Waals surface area (Å²) in [4.78, 5) is 10.4. The van der Waals surface area contributed by atoms with Crippen LogP contribution in [0.3, 0.4) is 0 Å². The van der Waals surface area contributed by atoms with Crippen LogP contribution in [0, 0.1) is 0 Å². The topological polar surface area (TPSA) is 76.3 Å². The van der Waals surface area contributed by atoms with Crippen LogP contribution in [-0.4, -0.2) is 35.8 Å². The Balaban J connectivity index is 2.30. The van der Waals surface area contributed by atoms with Gasteiger partial charge in [0.05, 0.1) is 25.5 Å². The van der Waals surface area contributed by atoms with Gasteiger partial charge < -0.3 is 9.64 Å². The van der Waals surface area contributed by atoms with Gasteiger partial charge in [0.25, 0.3) is 0 Å². The van der Waals surface area contributed by atoms with E-state index in [1.54, 1.807) is 6.20 Å². The SMILES string of the molecule is CCC1COCCN1c1nc(NN)ncc1Cl. The lowest BCUT2D eigenvalue weighted by Gasteiger charge is -2.36. The lowest BCUT2D eigenvalue weighted by Crippen LogP contribution is -2.45. The summed E-state index contributed by atoms with van der Waals surface area (Å²) >= 11 is 6.13. The summed E-state index contributed by atoms with van der Waals surface area (Å²) in [5.41, 5.74) is 2.43. The van der Waals surface area contributed by atoms with Crippen molar-refractivity contribution in [3.63, 3.8) is 0 Å². The van der Waals surface area contributed by atoms with Gasteiger partial charge in [0.2, 0.25) is 5.95 Å². The fourth-order valence-electron chi connectivity index (χ4n) is 1.90. The van der Waals surface area contributed by atoms with Crippen molar-refractivity contribution < 1.29 is 4.74 Å². The zero-order valence-electron chi connectivity index (χ0n) is 9.69. The second-order valence-electron chi connectivity index (χ2n) is 3.84. The molecule has 17 heavy (non-hydrogen) atoms. The average Bonchev–Trinajstić information content (AvgIpc) is 2.39. The van der Waals surface area contributed by atoms with E-state index in [-0.39, 0.29) is 0 Å². The molecule has 94 valence electrons. The first-order valence-corrected chi connectivity index (χ1v) is 5.97. The molecule has 0 radical (unpaired) electrons. The van der Waals surface area contributed by atoms with Crippen molar-refractivity contribution in [2.24, 2.45) is 5.84 Å². The van der Waals surface area contributed by atoms with Crippen molar-refractivity contribution >= 4 is 23.4 Å². The molecule has 0 aromatic carbocycles. The first-order chi connectivity index (χ1) is 8.26. The predicted octanol–water partition coefficient (Wildman–Crippen LogP) is 1.03. The molecule has 1 unspecified atom stereocenters. The summed E-state index contributed by atoms with van der Waals surface area (Å²) in [6.45, 7) is 4.27. The quantitative estimate of drug-likeness (QED) is 0.622. The summed E-state index contributed by atoms with van der Waals surface area (Å²) in [7, 11) is 0. The van der Waals surface area contributed by atoms with E-state index < -0.39 is 0 Å². The van der Waals surface area contributed by atoms with E-state index in [4.69, 9.17) is 22.2 Å². The summed E-state index contributed by atoms with van der Waals surface area (Å²) in [6, 6.07) is 0.293. The molecule has 0 aliphatic carbocycles. The van der Waals surface area contributed by atoms with Crippen molar-refractivity contribution in [1.82, 2.24) is 9.97 Å².